The van der Waals surface area contributed by atoms with Crippen LogP contribution in [0.25, 0.3) is 0 Å². The van der Waals surface area contributed by atoms with Gasteiger partial charge in [0.15, 0.2) is 6.10 Å². The van der Waals surface area contributed by atoms with Crippen LogP contribution in [-0.4, -0.2) is 29.3 Å². The topological polar surface area (TPSA) is 24.8 Å². The second-order valence-corrected chi connectivity index (χ2v) is 3.28. The molecule has 0 radical (unpaired) electrons. The van der Waals surface area contributed by atoms with Crippen LogP contribution >= 0.6 is 0 Å². The van der Waals surface area contributed by atoms with Crippen molar-refractivity contribution in [1.29, 1.82) is 0 Å². The van der Waals surface area contributed by atoms with E-state index in [0.29, 0.717) is 6.04 Å². The molecule has 1 fully saturated rings. The number of nitrogens with zero attached hydrogens (tertiary/aromatic N) is 2. The van der Waals surface area contributed by atoms with Crippen molar-refractivity contribution in [2.24, 2.45) is 5.16 Å². The zero-order chi connectivity index (χ0) is 7.26. The average molecular weight is 150 g/mol. The molecule has 0 spiro atoms. The number of piperidine rings is 1. The van der Waals surface area contributed by atoms with Gasteiger partial charge in [0.2, 0.25) is 0 Å². The molecule has 0 amide bonds. The molecule has 58 valence electrons. The first-order chi connectivity index (χ1) is 5.45. The monoisotopic (exact) mass is 150 g/mol. The Morgan fingerprint density at radius 2 is 2.64 bits per heavy atom. The number of rotatable bonds is 0. The van der Waals surface area contributed by atoms with E-state index in [1.54, 1.807) is 0 Å². The summed E-state index contributed by atoms with van der Waals surface area (Å²) in [5, 5.41) is 4.06. The van der Waals surface area contributed by atoms with Gasteiger partial charge >= 0.3 is 0 Å². The van der Waals surface area contributed by atoms with Gasteiger partial charge in [0.05, 0.1) is 5.71 Å². The summed E-state index contributed by atoms with van der Waals surface area (Å²) in [6, 6.07) is 0.462. The van der Waals surface area contributed by atoms with Crippen molar-refractivity contribution in [2.45, 2.75) is 25.0 Å². The molecule has 2 atom stereocenters. The lowest BCUT2D eigenvalue weighted by Crippen LogP contribution is -2.42. The lowest BCUT2D eigenvalue weighted by Gasteiger charge is -2.28. The van der Waals surface area contributed by atoms with Crippen molar-refractivity contribution in [3.8, 4) is 0 Å². The van der Waals surface area contributed by atoms with Crippen molar-refractivity contribution in [2.75, 3.05) is 6.54 Å². The summed E-state index contributed by atoms with van der Waals surface area (Å²) in [5.74, 6) is 0. The third-order valence-corrected chi connectivity index (χ3v) is 2.62. The fourth-order valence-corrected chi connectivity index (χ4v) is 2.09. The fraction of sp³-hybridized carbons (Fsp3) is 0.625. The second-order valence-electron chi connectivity index (χ2n) is 3.28. The molecule has 3 heterocycles. The normalized spacial score (nSPS) is 38.5. The van der Waals surface area contributed by atoms with E-state index in [-0.39, 0.29) is 6.10 Å². The summed E-state index contributed by atoms with van der Waals surface area (Å²) >= 11 is 0. The van der Waals surface area contributed by atoms with Crippen molar-refractivity contribution >= 4 is 5.71 Å². The van der Waals surface area contributed by atoms with E-state index in [1.807, 2.05) is 0 Å². The molecule has 0 aromatic carbocycles. The van der Waals surface area contributed by atoms with Crippen LogP contribution in [0.4, 0.5) is 0 Å². The van der Waals surface area contributed by atoms with Crippen molar-refractivity contribution < 1.29 is 4.84 Å². The van der Waals surface area contributed by atoms with Crippen LogP contribution in [0.15, 0.2) is 17.4 Å². The van der Waals surface area contributed by atoms with E-state index in [2.05, 4.69) is 22.3 Å². The highest BCUT2D eigenvalue weighted by atomic mass is 16.6. The van der Waals surface area contributed by atoms with E-state index < -0.39 is 0 Å². The molecule has 0 aromatic rings. The smallest absolute Gasteiger partial charge is 0.173 e. The molecule has 0 saturated carbocycles. The van der Waals surface area contributed by atoms with Gasteiger partial charge in [-0.2, -0.15) is 0 Å². The highest BCUT2D eigenvalue weighted by Crippen LogP contribution is 2.30. The van der Waals surface area contributed by atoms with Gasteiger partial charge in [0, 0.05) is 6.54 Å². The van der Waals surface area contributed by atoms with Gasteiger partial charge in [0.25, 0.3) is 0 Å². The van der Waals surface area contributed by atoms with Crippen molar-refractivity contribution in [3.63, 3.8) is 0 Å². The SMILES string of the molecule is C1=CN2CCCC3=NOC1C32. The summed E-state index contributed by atoms with van der Waals surface area (Å²) in [6.45, 7) is 1.17. The minimum absolute atomic E-state index is 0.227. The van der Waals surface area contributed by atoms with Crippen LogP contribution < -0.4 is 0 Å². The molecule has 0 N–H and O–H groups in total. The predicted molar refractivity (Wildman–Crippen MR) is 41.2 cm³/mol. The molecular formula is C8H10N2O. The molecule has 0 aromatic heterocycles. The predicted octanol–water partition coefficient (Wildman–Crippen LogP) is 0.733. The molecule has 2 unspecified atom stereocenters. The van der Waals surface area contributed by atoms with Gasteiger partial charge in [0.1, 0.15) is 6.04 Å². The molecule has 0 bridgehead atoms. The van der Waals surface area contributed by atoms with Crippen LogP contribution in [-0.2, 0) is 4.84 Å². The van der Waals surface area contributed by atoms with Gasteiger partial charge in [-0.3, -0.25) is 0 Å². The lowest BCUT2D eigenvalue weighted by atomic mass is 9.99. The fourth-order valence-electron chi connectivity index (χ4n) is 2.09. The first-order valence-corrected chi connectivity index (χ1v) is 4.12. The summed E-state index contributed by atoms with van der Waals surface area (Å²) in [4.78, 5) is 7.58. The van der Waals surface area contributed by atoms with Crippen molar-refractivity contribution in [1.82, 2.24) is 4.90 Å². The van der Waals surface area contributed by atoms with Crippen LogP contribution in [0.3, 0.4) is 0 Å². The summed E-state index contributed by atoms with van der Waals surface area (Å²) in [6.07, 6.45) is 6.82. The first-order valence-electron chi connectivity index (χ1n) is 4.12. The number of hydrogen-bond acceptors (Lipinski definition) is 3. The molecule has 1 saturated heterocycles. The third kappa shape index (κ3) is 0.607. The third-order valence-electron chi connectivity index (χ3n) is 2.62. The first kappa shape index (κ1) is 5.63. The Morgan fingerprint density at radius 1 is 1.64 bits per heavy atom. The van der Waals surface area contributed by atoms with Crippen molar-refractivity contribution in [3.05, 3.63) is 12.3 Å². The van der Waals surface area contributed by atoms with E-state index in [4.69, 9.17) is 4.84 Å². The van der Waals surface area contributed by atoms with E-state index in [9.17, 15) is 0 Å². The maximum atomic E-state index is 5.25. The summed E-state index contributed by atoms with van der Waals surface area (Å²) < 4.78 is 0. The maximum absolute atomic E-state index is 5.25. The summed E-state index contributed by atoms with van der Waals surface area (Å²) in [5.41, 5.74) is 1.24. The molecule has 11 heavy (non-hydrogen) atoms. The Morgan fingerprint density at radius 3 is 3.64 bits per heavy atom. The molecule has 0 aliphatic carbocycles. The average Bonchev–Trinajstić information content (AvgIpc) is 2.60. The standard InChI is InChI=1S/C8H10N2O/c1-2-6-8-7(11-9-6)3-5-10(8)4-1/h3,5,7-8H,1-2,4H2. The van der Waals surface area contributed by atoms with Gasteiger partial charge in [-0.15, -0.1) is 0 Å². The second kappa shape index (κ2) is 1.78. The van der Waals surface area contributed by atoms with Gasteiger partial charge in [-0.25, -0.2) is 0 Å². The quantitative estimate of drug-likeness (QED) is 0.508. The Hall–Kier alpha value is -0.990. The zero-order valence-electron chi connectivity index (χ0n) is 6.23. The summed E-state index contributed by atoms with van der Waals surface area (Å²) in [7, 11) is 0. The van der Waals surface area contributed by atoms with E-state index in [0.717, 1.165) is 6.42 Å². The number of hydrogen-bond donors (Lipinski definition) is 0. The molecule has 3 aliphatic heterocycles. The maximum Gasteiger partial charge on any atom is 0.173 e. The van der Waals surface area contributed by atoms with Gasteiger partial charge < -0.3 is 9.74 Å². The van der Waals surface area contributed by atoms with Crippen LogP contribution in [0.5, 0.6) is 0 Å². The minimum Gasteiger partial charge on any atom is -0.386 e. The zero-order valence-corrected chi connectivity index (χ0v) is 6.23. The Kier molecular flexibility index (Phi) is 0.913. The highest BCUT2D eigenvalue weighted by Gasteiger charge is 2.41. The Balaban J connectivity index is 2.00. The Bertz CT molecular complexity index is 246. The van der Waals surface area contributed by atoms with E-state index >= 15 is 0 Å². The van der Waals surface area contributed by atoms with Crippen LogP contribution in [0.2, 0.25) is 0 Å². The molecule has 3 aliphatic rings. The van der Waals surface area contributed by atoms with Gasteiger partial charge in [-0.05, 0) is 25.1 Å². The number of oxime groups is 1. The molecule has 3 nitrogen and oxygen atoms in total. The van der Waals surface area contributed by atoms with Crippen LogP contribution in [0, 0.1) is 0 Å². The minimum atomic E-state index is 0.227. The lowest BCUT2D eigenvalue weighted by molar-refractivity contribution is 0.0955. The Labute approximate surface area is 65.3 Å². The van der Waals surface area contributed by atoms with Gasteiger partial charge in [-0.1, -0.05) is 5.16 Å². The molecule has 3 heteroatoms. The highest BCUT2D eigenvalue weighted by molar-refractivity contribution is 5.92. The molecule has 3 rings (SSSR count). The van der Waals surface area contributed by atoms with E-state index in [1.165, 1.54) is 18.7 Å². The van der Waals surface area contributed by atoms with Crippen LogP contribution in [0.1, 0.15) is 12.8 Å². The largest absolute Gasteiger partial charge is 0.386 e. The molecular weight excluding hydrogens is 140 g/mol.